The highest BCUT2D eigenvalue weighted by atomic mass is 16.5. The lowest BCUT2D eigenvalue weighted by Gasteiger charge is -2.06. The molecule has 0 fully saturated rings. The molecule has 0 saturated carbocycles. The Hall–Kier alpha value is -1.87. The first kappa shape index (κ1) is 11.6. The molecule has 2 aromatic rings. The van der Waals surface area contributed by atoms with E-state index in [0.29, 0.717) is 13.2 Å². The van der Waals surface area contributed by atoms with E-state index in [9.17, 15) is 0 Å². The maximum absolute atomic E-state index is 5.51. The van der Waals surface area contributed by atoms with Gasteiger partial charge in [-0.05, 0) is 23.8 Å². The number of pyridine rings is 1. The number of methoxy groups -OCH3 is 1. The molecule has 2 rings (SSSR count). The highest BCUT2D eigenvalue weighted by Gasteiger charge is 1.99. The molecule has 1 aromatic heterocycles. The van der Waals surface area contributed by atoms with Crippen LogP contribution in [0.5, 0.6) is 5.75 Å². The maximum Gasteiger partial charge on any atom is 0.138 e. The van der Waals surface area contributed by atoms with Gasteiger partial charge < -0.3 is 9.47 Å². The quantitative estimate of drug-likeness (QED) is 0.739. The van der Waals surface area contributed by atoms with Gasteiger partial charge in [0.15, 0.2) is 0 Å². The van der Waals surface area contributed by atoms with E-state index in [4.69, 9.17) is 9.47 Å². The smallest absolute Gasteiger partial charge is 0.138 e. The Balaban J connectivity index is 2.25. The van der Waals surface area contributed by atoms with E-state index in [1.54, 1.807) is 13.3 Å². The zero-order chi connectivity index (χ0) is 12.1. The van der Waals surface area contributed by atoms with E-state index in [-0.39, 0.29) is 0 Å². The summed E-state index contributed by atoms with van der Waals surface area (Å²) in [5.41, 5.74) is 2.03. The van der Waals surface area contributed by atoms with E-state index in [0.717, 1.165) is 22.2 Å². The lowest BCUT2D eigenvalue weighted by molar-refractivity contribution is 0.146. The standard InChI is InChI=1S/C14H15NO2/c1-3-11-4-5-14-12(8-11)9-13(10-15-14)17-7-6-16-2/h3-5,8-10H,1,6-7H2,2H3. The lowest BCUT2D eigenvalue weighted by atomic mass is 10.1. The molecule has 88 valence electrons. The van der Waals surface area contributed by atoms with Crippen molar-refractivity contribution < 1.29 is 9.47 Å². The van der Waals surface area contributed by atoms with Crippen molar-refractivity contribution in [1.82, 2.24) is 4.98 Å². The Morgan fingerprint density at radius 3 is 2.94 bits per heavy atom. The number of hydrogen-bond acceptors (Lipinski definition) is 3. The van der Waals surface area contributed by atoms with Crippen molar-refractivity contribution in [2.45, 2.75) is 0 Å². The van der Waals surface area contributed by atoms with Crippen LogP contribution in [0.2, 0.25) is 0 Å². The van der Waals surface area contributed by atoms with E-state index in [1.165, 1.54) is 0 Å². The predicted octanol–water partition coefficient (Wildman–Crippen LogP) is 2.90. The third kappa shape index (κ3) is 2.82. The van der Waals surface area contributed by atoms with Crippen molar-refractivity contribution in [3.63, 3.8) is 0 Å². The van der Waals surface area contributed by atoms with Crippen molar-refractivity contribution in [3.8, 4) is 5.75 Å². The first-order valence-corrected chi connectivity index (χ1v) is 5.47. The van der Waals surface area contributed by atoms with Crippen molar-refractivity contribution in [1.29, 1.82) is 0 Å². The minimum Gasteiger partial charge on any atom is -0.490 e. The molecule has 3 nitrogen and oxygen atoms in total. The minimum absolute atomic E-state index is 0.533. The maximum atomic E-state index is 5.51. The number of rotatable bonds is 5. The number of aromatic nitrogens is 1. The largest absolute Gasteiger partial charge is 0.490 e. The van der Waals surface area contributed by atoms with Gasteiger partial charge in [0.05, 0.1) is 18.3 Å². The third-order valence-corrected chi connectivity index (χ3v) is 2.47. The Morgan fingerprint density at radius 1 is 1.29 bits per heavy atom. The lowest BCUT2D eigenvalue weighted by Crippen LogP contribution is -2.04. The highest BCUT2D eigenvalue weighted by molar-refractivity contribution is 5.82. The average molecular weight is 229 g/mol. The number of benzene rings is 1. The summed E-state index contributed by atoms with van der Waals surface area (Å²) in [6.07, 6.45) is 3.55. The molecule has 1 heterocycles. The van der Waals surface area contributed by atoms with Crippen molar-refractivity contribution in [3.05, 3.63) is 42.6 Å². The second-order valence-electron chi connectivity index (χ2n) is 3.67. The second-order valence-corrected chi connectivity index (χ2v) is 3.67. The molecule has 0 unspecified atom stereocenters. The summed E-state index contributed by atoms with van der Waals surface area (Å²) in [5, 5.41) is 1.05. The molecule has 17 heavy (non-hydrogen) atoms. The fourth-order valence-electron chi connectivity index (χ4n) is 1.58. The van der Waals surface area contributed by atoms with Gasteiger partial charge in [0.1, 0.15) is 12.4 Å². The summed E-state index contributed by atoms with van der Waals surface area (Å²) < 4.78 is 10.4. The van der Waals surface area contributed by atoms with Crippen LogP contribution >= 0.6 is 0 Å². The van der Waals surface area contributed by atoms with Crippen molar-refractivity contribution in [2.24, 2.45) is 0 Å². The number of hydrogen-bond donors (Lipinski definition) is 0. The fourth-order valence-corrected chi connectivity index (χ4v) is 1.58. The van der Waals surface area contributed by atoms with Gasteiger partial charge in [-0.25, -0.2) is 0 Å². The molecule has 0 aliphatic carbocycles. The Kier molecular flexibility index (Phi) is 3.73. The van der Waals surface area contributed by atoms with Crippen LogP contribution in [-0.4, -0.2) is 25.3 Å². The van der Waals surface area contributed by atoms with Gasteiger partial charge in [-0.2, -0.15) is 0 Å². The van der Waals surface area contributed by atoms with Gasteiger partial charge in [-0.15, -0.1) is 0 Å². The summed E-state index contributed by atoms with van der Waals surface area (Å²) in [6.45, 7) is 4.86. The summed E-state index contributed by atoms with van der Waals surface area (Å²) in [6, 6.07) is 7.99. The average Bonchev–Trinajstić information content (AvgIpc) is 2.38. The van der Waals surface area contributed by atoms with Gasteiger partial charge in [-0.3, -0.25) is 4.98 Å². The molecule has 0 N–H and O–H groups in total. The summed E-state index contributed by atoms with van der Waals surface area (Å²) in [7, 11) is 1.65. The second kappa shape index (κ2) is 5.46. The van der Waals surface area contributed by atoms with Crippen LogP contribution in [0.15, 0.2) is 37.0 Å². The van der Waals surface area contributed by atoms with Crippen molar-refractivity contribution >= 4 is 17.0 Å². The number of ether oxygens (including phenoxy) is 2. The number of fused-ring (bicyclic) bond motifs is 1. The monoisotopic (exact) mass is 229 g/mol. The predicted molar refractivity (Wildman–Crippen MR) is 69.2 cm³/mol. The molecule has 0 saturated heterocycles. The molecule has 0 bridgehead atoms. The summed E-state index contributed by atoms with van der Waals surface area (Å²) >= 11 is 0. The molecular weight excluding hydrogens is 214 g/mol. The van der Waals surface area contributed by atoms with Crippen LogP contribution in [0, 0.1) is 0 Å². The topological polar surface area (TPSA) is 31.4 Å². The van der Waals surface area contributed by atoms with Crippen LogP contribution in [-0.2, 0) is 4.74 Å². The molecule has 0 spiro atoms. The molecule has 3 heteroatoms. The first-order chi connectivity index (χ1) is 8.33. The summed E-state index contributed by atoms with van der Waals surface area (Å²) in [4.78, 5) is 4.34. The molecular formula is C14H15NO2. The van der Waals surface area contributed by atoms with Crippen LogP contribution in [0.4, 0.5) is 0 Å². The van der Waals surface area contributed by atoms with E-state index >= 15 is 0 Å². The van der Waals surface area contributed by atoms with E-state index in [2.05, 4.69) is 11.6 Å². The zero-order valence-electron chi connectivity index (χ0n) is 9.85. The van der Waals surface area contributed by atoms with E-state index < -0.39 is 0 Å². The van der Waals surface area contributed by atoms with Crippen LogP contribution in [0.1, 0.15) is 5.56 Å². The van der Waals surface area contributed by atoms with Gasteiger partial charge >= 0.3 is 0 Å². The first-order valence-electron chi connectivity index (χ1n) is 5.47. The van der Waals surface area contributed by atoms with Crippen LogP contribution in [0.3, 0.4) is 0 Å². The fraction of sp³-hybridized carbons (Fsp3) is 0.214. The Labute approximate surface area is 101 Å². The van der Waals surface area contributed by atoms with Gasteiger partial charge in [0.2, 0.25) is 0 Å². The number of nitrogens with zero attached hydrogens (tertiary/aromatic N) is 1. The normalized spacial score (nSPS) is 10.4. The highest BCUT2D eigenvalue weighted by Crippen LogP contribution is 2.20. The Bertz CT molecular complexity index is 523. The van der Waals surface area contributed by atoms with Gasteiger partial charge in [-0.1, -0.05) is 18.7 Å². The Morgan fingerprint density at radius 2 is 2.18 bits per heavy atom. The SMILES string of the molecule is C=Cc1ccc2ncc(OCCOC)cc2c1. The molecule has 0 aliphatic rings. The third-order valence-electron chi connectivity index (χ3n) is 2.47. The van der Waals surface area contributed by atoms with Gasteiger partial charge in [0.25, 0.3) is 0 Å². The molecule has 0 radical (unpaired) electrons. The van der Waals surface area contributed by atoms with E-state index in [1.807, 2.05) is 30.3 Å². The summed E-state index contributed by atoms with van der Waals surface area (Å²) in [5.74, 6) is 0.760. The van der Waals surface area contributed by atoms with Gasteiger partial charge in [0, 0.05) is 12.5 Å². The molecule has 0 amide bonds. The zero-order valence-corrected chi connectivity index (χ0v) is 9.85. The minimum atomic E-state index is 0.533. The molecule has 0 atom stereocenters. The molecule has 1 aromatic carbocycles. The van der Waals surface area contributed by atoms with Crippen molar-refractivity contribution in [2.75, 3.05) is 20.3 Å². The molecule has 0 aliphatic heterocycles. The van der Waals surface area contributed by atoms with Crippen LogP contribution in [0.25, 0.3) is 17.0 Å². The van der Waals surface area contributed by atoms with Crippen LogP contribution < -0.4 is 4.74 Å².